The molecule has 100 valence electrons. The molecule has 0 radical (unpaired) electrons. The normalized spacial score (nSPS) is 21.8. The Hall–Kier alpha value is -1.32. The Kier molecular flexibility index (Phi) is 3.73. The molecule has 0 aromatic heterocycles. The highest BCUT2D eigenvalue weighted by molar-refractivity contribution is 6.19. The van der Waals surface area contributed by atoms with Gasteiger partial charge in [0.1, 0.15) is 0 Å². The molecule has 2 fully saturated rings. The quantitative estimate of drug-likeness (QED) is 0.385. The zero-order valence-corrected chi connectivity index (χ0v) is 11.1. The summed E-state index contributed by atoms with van der Waals surface area (Å²) in [6.07, 6.45) is 5.87. The van der Waals surface area contributed by atoms with Crippen molar-refractivity contribution in [2.24, 2.45) is 17.8 Å². The van der Waals surface area contributed by atoms with Gasteiger partial charge in [-0.1, -0.05) is 0 Å². The molecule has 18 heavy (non-hydrogen) atoms. The topological polar surface area (TPSA) is 73.2 Å². The predicted molar refractivity (Wildman–Crippen MR) is 70.7 cm³/mol. The first-order valence-electron chi connectivity index (χ1n) is 6.75. The van der Waals surface area contributed by atoms with Crippen LogP contribution in [0.25, 0.3) is 0 Å². The summed E-state index contributed by atoms with van der Waals surface area (Å²) in [5.74, 6) is 1.80. The lowest BCUT2D eigenvalue weighted by Gasteiger charge is -2.25. The zero-order valence-electron chi connectivity index (χ0n) is 11.1. The molecule has 0 heterocycles. The van der Waals surface area contributed by atoms with E-state index in [0.29, 0.717) is 5.92 Å². The van der Waals surface area contributed by atoms with Crippen LogP contribution in [0.3, 0.4) is 0 Å². The Labute approximate surface area is 108 Å². The third-order valence-electron chi connectivity index (χ3n) is 4.05. The maximum absolute atomic E-state index is 11.9. The van der Waals surface area contributed by atoms with Gasteiger partial charge >= 0.3 is 0 Å². The number of aliphatic hydroxyl groups is 1. The highest BCUT2D eigenvalue weighted by Crippen LogP contribution is 2.50. The molecular weight excluding hydrogens is 228 g/mol. The van der Waals surface area contributed by atoms with E-state index >= 15 is 0 Å². The van der Waals surface area contributed by atoms with Crippen molar-refractivity contribution in [3.63, 3.8) is 0 Å². The summed E-state index contributed by atoms with van der Waals surface area (Å²) < 4.78 is 0. The van der Waals surface area contributed by atoms with Crippen molar-refractivity contribution in [1.82, 2.24) is 5.32 Å². The molecular formula is C14H22N2O2. The molecule has 0 aromatic rings. The van der Waals surface area contributed by atoms with Gasteiger partial charge in [-0.15, -0.1) is 0 Å². The second kappa shape index (κ2) is 5.12. The van der Waals surface area contributed by atoms with Crippen LogP contribution in [0.15, 0.2) is 11.8 Å². The molecule has 1 unspecified atom stereocenters. The van der Waals surface area contributed by atoms with E-state index in [-0.39, 0.29) is 23.2 Å². The highest BCUT2D eigenvalue weighted by atomic mass is 16.2. The van der Waals surface area contributed by atoms with Gasteiger partial charge in [0.25, 0.3) is 5.91 Å². The average molecular weight is 250 g/mol. The molecule has 0 bridgehead atoms. The van der Waals surface area contributed by atoms with E-state index in [1.54, 1.807) is 0 Å². The lowest BCUT2D eigenvalue weighted by molar-refractivity contribution is -0.118. The molecule has 3 N–H and O–H groups in total. The molecule has 2 aliphatic carbocycles. The molecule has 2 saturated carbocycles. The van der Waals surface area contributed by atoms with E-state index in [1.807, 2.05) is 6.92 Å². The average Bonchev–Trinajstić information content (AvgIpc) is 3.11. The molecule has 2 rings (SSSR count). The lowest BCUT2D eigenvalue weighted by Crippen LogP contribution is -2.41. The molecule has 2 aliphatic rings. The summed E-state index contributed by atoms with van der Waals surface area (Å²) in [5, 5.41) is 19.4. The van der Waals surface area contributed by atoms with Gasteiger partial charge in [-0.3, -0.25) is 4.79 Å². The van der Waals surface area contributed by atoms with Gasteiger partial charge in [-0.05, 0) is 57.3 Å². The highest BCUT2D eigenvalue weighted by Gasteiger charge is 2.44. The van der Waals surface area contributed by atoms with Gasteiger partial charge < -0.3 is 15.8 Å². The Morgan fingerprint density at radius 1 is 1.33 bits per heavy atom. The molecule has 0 saturated heterocycles. The van der Waals surface area contributed by atoms with Crippen molar-refractivity contribution in [3.05, 3.63) is 11.8 Å². The van der Waals surface area contributed by atoms with Crippen LogP contribution in [0, 0.1) is 23.2 Å². The zero-order chi connectivity index (χ0) is 13.3. The maximum atomic E-state index is 11.9. The van der Waals surface area contributed by atoms with E-state index in [0.717, 1.165) is 18.1 Å². The molecule has 0 aromatic carbocycles. The summed E-state index contributed by atoms with van der Waals surface area (Å²) in [5.41, 5.74) is 0.156. The standard InChI is InChI=1S/C14H22N2O2/c1-8(15)12(7-17)14(18)16-9(2)13(10-3-4-10)11-5-6-11/h7,9-11,13,15,17H,3-6H2,1-2H3,(H,16,18)/b12-7+,15-8?. The second-order valence-electron chi connectivity index (χ2n) is 5.68. The Morgan fingerprint density at radius 3 is 2.17 bits per heavy atom. The summed E-state index contributed by atoms with van der Waals surface area (Å²) in [7, 11) is 0. The van der Waals surface area contributed by atoms with Crippen molar-refractivity contribution in [1.29, 1.82) is 5.41 Å². The van der Waals surface area contributed by atoms with Gasteiger partial charge in [0.05, 0.1) is 11.8 Å². The molecule has 1 amide bonds. The third-order valence-corrected chi connectivity index (χ3v) is 4.05. The number of carbonyl (C=O) groups excluding carboxylic acids is 1. The number of amides is 1. The minimum atomic E-state index is -0.330. The number of hydrogen-bond donors (Lipinski definition) is 3. The SMILES string of the molecule is CC(=N)/C(=C\O)C(=O)NC(C)C(C1CC1)C1CC1. The first kappa shape index (κ1) is 13.1. The van der Waals surface area contributed by atoms with E-state index in [4.69, 9.17) is 10.5 Å². The van der Waals surface area contributed by atoms with Crippen molar-refractivity contribution >= 4 is 11.6 Å². The minimum absolute atomic E-state index is 0.0622. The fourth-order valence-electron chi connectivity index (χ4n) is 2.87. The fraction of sp³-hybridized carbons (Fsp3) is 0.714. The van der Waals surface area contributed by atoms with Crippen LogP contribution in [0.1, 0.15) is 39.5 Å². The number of rotatable bonds is 6. The van der Waals surface area contributed by atoms with E-state index in [9.17, 15) is 4.79 Å². The maximum Gasteiger partial charge on any atom is 0.256 e. The van der Waals surface area contributed by atoms with E-state index < -0.39 is 0 Å². The van der Waals surface area contributed by atoms with E-state index in [1.165, 1.54) is 32.6 Å². The largest absolute Gasteiger partial charge is 0.515 e. The second-order valence-corrected chi connectivity index (χ2v) is 5.68. The van der Waals surface area contributed by atoms with Crippen LogP contribution < -0.4 is 5.32 Å². The molecule has 1 atom stereocenters. The van der Waals surface area contributed by atoms with Crippen molar-refractivity contribution in [2.75, 3.05) is 0 Å². The predicted octanol–water partition coefficient (Wildman–Crippen LogP) is 2.41. The van der Waals surface area contributed by atoms with Gasteiger partial charge in [0.15, 0.2) is 0 Å². The van der Waals surface area contributed by atoms with Crippen LogP contribution in [0.4, 0.5) is 0 Å². The number of nitrogens with one attached hydrogen (secondary N) is 2. The first-order chi connectivity index (χ1) is 8.54. The van der Waals surface area contributed by atoms with Gasteiger partial charge in [0, 0.05) is 11.8 Å². The molecule has 0 aliphatic heterocycles. The summed E-state index contributed by atoms with van der Waals surface area (Å²) in [4.78, 5) is 11.9. The third kappa shape index (κ3) is 2.92. The molecule has 4 heteroatoms. The van der Waals surface area contributed by atoms with Crippen LogP contribution in [0.2, 0.25) is 0 Å². The van der Waals surface area contributed by atoms with Crippen LogP contribution in [0.5, 0.6) is 0 Å². The van der Waals surface area contributed by atoms with Crippen LogP contribution >= 0.6 is 0 Å². The summed E-state index contributed by atoms with van der Waals surface area (Å²) in [6, 6.07) is 0.131. The van der Waals surface area contributed by atoms with Crippen molar-refractivity contribution in [3.8, 4) is 0 Å². The minimum Gasteiger partial charge on any atom is -0.515 e. The van der Waals surface area contributed by atoms with Crippen molar-refractivity contribution < 1.29 is 9.90 Å². The van der Waals surface area contributed by atoms with E-state index in [2.05, 4.69) is 5.32 Å². The Bertz CT molecular complexity index is 369. The number of carbonyl (C=O) groups is 1. The van der Waals surface area contributed by atoms with Crippen LogP contribution in [-0.2, 0) is 4.79 Å². The lowest BCUT2D eigenvalue weighted by atomic mass is 9.90. The molecule has 4 nitrogen and oxygen atoms in total. The number of hydrogen-bond acceptors (Lipinski definition) is 3. The van der Waals surface area contributed by atoms with Crippen molar-refractivity contribution in [2.45, 2.75) is 45.6 Å². The van der Waals surface area contributed by atoms with Crippen LogP contribution in [-0.4, -0.2) is 22.8 Å². The number of aliphatic hydroxyl groups excluding tert-OH is 1. The fourth-order valence-corrected chi connectivity index (χ4v) is 2.87. The van der Waals surface area contributed by atoms with Gasteiger partial charge in [-0.2, -0.15) is 0 Å². The molecule has 0 spiro atoms. The monoisotopic (exact) mass is 250 g/mol. The smallest absolute Gasteiger partial charge is 0.256 e. The van der Waals surface area contributed by atoms with Gasteiger partial charge in [-0.25, -0.2) is 0 Å². The summed E-state index contributed by atoms with van der Waals surface area (Å²) >= 11 is 0. The summed E-state index contributed by atoms with van der Waals surface area (Å²) in [6.45, 7) is 3.55. The Morgan fingerprint density at radius 2 is 1.83 bits per heavy atom. The Balaban J connectivity index is 1.95. The first-order valence-corrected chi connectivity index (χ1v) is 6.75. The van der Waals surface area contributed by atoms with Gasteiger partial charge in [0.2, 0.25) is 0 Å².